The molecule has 120 valence electrons. The Morgan fingerprint density at radius 3 is 2.64 bits per heavy atom. The number of fused-ring (bicyclic) bond motifs is 1. The third kappa shape index (κ3) is 4.10. The van der Waals surface area contributed by atoms with E-state index in [0.29, 0.717) is 24.5 Å². The van der Waals surface area contributed by atoms with E-state index in [1.54, 1.807) is 19.2 Å². The molecule has 0 aliphatic carbocycles. The number of para-hydroxylation sites is 1. The van der Waals surface area contributed by atoms with Crippen molar-refractivity contribution in [2.45, 2.75) is 26.7 Å². The van der Waals surface area contributed by atoms with E-state index in [0.717, 1.165) is 11.8 Å². The highest BCUT2D eigenvalue weighted by atomic mass is 19.3. The third-order valence-electron chi connectivity index (χ3n) is 3.53. The van der Waals surface area contributed by atoms with Crippen LogP contribution in [0.4, 0.5) is 14.6 Å². The summed E-state index contributed by atoms with van der Waals surface area (Å²) in [6.45, 7) is 5.45. The van der Waals surface area contributed by atoms with Gasteiger partial charge in [-0.05, 0) is 24.0 Å². The monoisotopic (exact) mass is 309 g/mol. The van der Waals surface area contributed by atoms with Gasteiger partial charge in [-0.1, -0.05) is 26.0 Å². The maximum Gasteiger partial charge on any atom is 0.297 e. The average Bonchev–Trinajstić information content (AvgIpc) is 2.50. The molecule has 0 saturated carbocycles. The number of ether oxygens (including phenoxy) is 1. The summed E-state index contributed by atoms with van der Waals surface area (Å²) in [6.07, 6.45) is -1.83. The second kappa shape index (κ2) is 6.96. The van der Waals surface area contributed by atoms with Crippen LogP contribution in [0.3, 0.4) is 0 Å². The number of nitrogens with zero attached hydrogens (tertiary/aromatic N) is 2. The summed E-state index contributed by atoms with van der Waals surface area (Å²) in [6, 6.07) is 7.16. The molecule has 0 unspecified atom stereocenters. The number of hydrogen-bond acceptors (Lipinski definition) is 4. The van der Waals surface area contributed by atoms with Crippen molar-refractivity contribution >= 4 is 16.7 Å². The Morgan fingerprint density at radius 2 is 1.95 bits per heavy atom. The van der Waals surface area contributed by atoms with Crippen molar-refractivity contribution in [1.29, 1.82) is 0 Å². The van der Waals surface area contributed by atoms with Crippen LogP contribution in [0.25, 0.3) is 10.9 Å². The molecule has 0 atom stereocenters. The molecule has 6 heteroatoms. The molecule has 1 aromatic heterocycles. The first-order chi connectivity index (χ1) is 10.4. The minimum atomic E-state index is -2.69. The lowest BCUT2D eigenvalue weighted by atomic mass is 9.89. The van der Waals surface area contributed by atoms with E-state index in [9.17, 15) is 8.78 Å². The van der Waals surface area contributed by atoms with Crippen LogP contribution in [0.5, 0.6) is 0 Å². The fourth-order valence-corrected chi connectivity index (χ4v) is 2.12. The molecule has 1 heterocycles. The first-order valence-electron chi connectivity index (χ1n) is 7.20. The van der Waals surface area contributed by atoms with E-state index in [1.165, 1.54) is 0 Å². The molecule has 1 aromatic carbocycles. The van der Waals surface area contributed by atoms with Crippen LogP contribution in [-0.2, 0) is 4.74 Å². The van der Waals surface area contributed by atoms with Gasteiger partial charge >= 0.3 is 0 Å². The maximum absolute atomic E-state index is 12.9. The minimum Gasteiger partial charge on any atom is -0.385 e. The molecule has 0 aliphatic rings. The molecule has 0 radical (unpaired) electrons. The van der Waals surface area contributed by atoms with Crippen molar-refractivity contribution in [3.8, 4) is 0 Å². The molecule has 2 rings (SSSR count). The van der Waals surface area contributed by atoms with E-state index in [-0.39, 0.29) is 5.41 Å². The Morgan fingerprint density at radius 1 is 1.23 bits per heavy atom. The number of rotatable bonds is 7. The molecular weight excluding hydrogens is 288 g/mol. The predicted molar refractivity (Wildman–Crippen MR) is 83.3 cm³/mol. The Balaban J connectivity index is 2.26. The fourth-order valence-electron chi connectivity index (χ4n) is 2.12. The summed E-state index contributed by atoms with van der Waals surface area (Å²) >= 11 is 0. The largest absolute Gasteiger partial charge is 0.385 e. The molecule has 0 aliphatic heterocycles. The summed E-state index contributed by atoms with van der Waals surface area (Å²) in [5, 5.41) is 3.94. The Bertz CT molecular complexity index is 632. The van der Waals surface area contributed by atoms with Crippen LogP contribution >= 0.6 is 0 Å². The third-order valence-corrected chi connectivity index (χ3v) is 3.53. The predicted octanol–water partition coefficient (Wildman–Crippen LogP) is 4.04. The van der Waals surface area contributed by atoms with E-state index in [2.05, 4.69) is 29.1 Å². The quantitative estimate of drug-likeness (QED) is 0.838. The highest BCUT2D eigenvalue weighted by Crippen LogP contribution is 2.26. The standard InChI is InChI=1S/C16H21F2N3O/c1-16(2,8-9-22-3)10-19-14-11-6-4-5-7-12(11)20-15(21-14)13(17)18/h4-7,13H,8-10H2,1-3H3,(H,19,20,21). The average molecular weight is 309 g/mol. The zero-order chi connectivity index (χ0) is 16.2. The minimum absolute atomic E-state index is 0.0347. The second-order valence-electron chi connectivity index (χ2n) is 6.01. The number of alkyl halides is 2. The number of benzene rings is 1. The normalized spacial score (nSPS) is 12.1. The molecule has 0 saturated heterocycles. The van der Waals surface area contributed by atoms with Crippen LogP contribution in [0, 0.1) is 5.41 Å². The van der Waals surface area contributed by atoms with Gasteiger partial charge in [-0.15, -0.1) is 0 Å². The van der Waals surface area contributed by atoms with Gasteiger partial charge in [-0.3, -0.25) is 0 Å². The smallest absolute Gasteiger partial charge is 0.297 e. The van der Waals surface area contributed by atoms with E-state index < -0.39 is 12.2 Å². The maximum atomic E-state index is 12.9. The summed E-state index contributed by atoms with van der Waals surface area (Å²) in [5.74, 6) is 0.00212. The van der Waals surface area contributed by atoms with Crippen molar-refractivity contribution < 1.29 is 13.5 Å². The number of methoxy groups -OCH3 is 1. The number of nitrogens with one attached hydrogen (secondary N) is 1. The van der Waals surface area contributed by atoms with Crippen LogP contribution in [-0.4, -0.2) is 30.2 Å². The molecule has 0 bridgehead atoms. The Hall–Kier alpha value is -1.82. The van der Waals surface area contributed by atoms with Crippen molar-refractivity contribution in [1.82, 2.24) is 9.97 Å². The van der Waals surface area contributed by atoms with Gasteiger partial charge in [0.1, 0.15) is 5.82 Å². The Labute approximate surface area is 128 Å². The molecule has 0 amide bonds. The molecular formula is C16H21F2N3O. The van der Waals surface area contributed by atoms with Gasteiger partial charge in [0.25, 0.3) is 6.43 Å². The van der Waals surface area contributed by atoms with Gasteiger partial charge < -0.3 is 10.1 Å². The van der Waals surface area contributed by atoms with Crippen molar-refractivity contribution in [2.24, 2.45) is 5.41 Å². The lowest BCUT2D eigenvalue weighted by Gasteiger charge is -2.25. The summed E-state index contributed by atoms with van der Waals surface area (Å²) < 4.78 is 31.0. The van der Waals surface area contributed by atoms with Crippen molar-refractivity contribution in [3.63, 3.8) is 0 Å². The van der Waals surface area contributed by atoms with Gasteiger partial charge in [0.05, 0.1) is 5.52 Å². The first-order valence-corrected chi connectivity index (χ1v) is 7.20. The topological polar surface area (TPSA) is 47.0 Å². The van der Waals surface area contributed by atoms with Gasteiger partial charge in [-0.2, -0.15) is 0 Å². The zero-order valence-electron chi connectivity index (χ0n) is 13.1. The molecule has 4 nitrogen and oxygen atoms in total. The SMILES string of the molecule is COCCC(C)(C)CNc1nc(C(F)F)nc2ccccc12. The molecule has 0 fully saturated rings. The zero-order valence-corrected chi connectivity index (χ0v) is 13.1. The van der Waals surface area contributed by atoms with Gasteiger partial charge in [0.15, 0.2) is 5.82 Å². The summed E-state index contributed by atoms with van der Waals surface area (Å²) in [7, 11) is 1.66. The highest BCUT2D eigenvalue weighted by Gasteiger charge is 2.20. The number of anilines is 1. The van der Waals surface area contributed by atoms with Gasteiger partial charge in [0, 0.05) is 25.6 Å². The number of halogens is 2. The van der Waals surface area contributed by atoms with Crippen LogP contribution in [0.1, 0.15) is 32.5 Å². The fraction of sp³-hybridized carbons (Fsp3) is 0.500. The van der Waals surface area contributed by atoms with E-state index in [1.807, 2.05) is 12.1 Å². The van der Waals surface area contributed by atoms with Crippen molar-refractivity contribution in [2.75, 3.05) is 25.6 Å². The lowest BCUT2D eigenvalue weighted by Crippen LogP contribution is -2.25. The summed E-state index contributed by atoms with van der Waals surface area (Å²) in [5.41, 5.74) is 0.484. The second-order valence-corrected chi connectivity index (χ2v) is 6.01. The van der Waals surface area contributed by atoms with Crippen LogP contribution < -0.4 is 5.32 Å². The molecule has 0 spiro atoms. The lowest BCUT2D eigenvalue weighted by molar-refractivity contribution is 0.141. The van der Waals surface area contributed by atoms with Crippen LogP contribution in [0.2, 0.25) is 0 Å². The van der Waals surface area contributed by atoms with Gasteiger partial charge in [0.2, 0.25) is 0 Å². The number of aromatic nitrogens is 2. The highest BCUT2D eigenvalue weighted by molar-refractivity contribution is 5.89. The number of hydrogen-bond donors (Lipinski definition) is 1. The van der Waals surface area contributed by atoms with E-state index in [4.69, 9.17) is 4.74 Å². The van der Waals surface area contributed by atoms with Crippen LogP contribution in [0.15, 0.2) is 24.3 Å². The van der Waals surface area contributed by atoms with E-state index >= 15 is 0 Å². The van der Waals surface area contributed by atoms with Crippen molar-refractivity contribution in [3.05, 3.63) is 30.1 Å². The first kappa shape index (κ1) is 16.5. The van der Waals surface area contributed by atoms with Gasteiger partial charge in [-0.25, -0.2) is 18.7 Å². The summed E-state index contributed by atoms with van der Waals surface area (Å²) in [4.78, 5) is 7.89. The molecule has 2 aromatic rings. The molecule has 1 N–H and O–H groups in total. The Kier molecular flexibility index (Phi) is 5.24. The molecule has 22 heavy (non-hydrogen) atoms.